The molecule has 1 aliphatic rings. The number of halogens is 3. The van der Waals surface area contributed by atoms with E-state index in [4.69, 9.17) is 5.11 Å². The highest BCUT2D eigenvalue weighted by Crippen LogP contribution is 2.23. The van der Waals surface area contributed by atoms with Gasteiger partial charge in [0.2, 0.25) is 18.0 Å². The van der Waals surface area contributed by atoms with Gasteiger partial charge < -0.3 is 10.4 Å². The number of nitrogens with one attached hydrogen (secondary N) is 1. The summed E-state index contributed by atoms with van der Waals surface area (Å²) in [4.78, 5) is 56.2. The molecule has 1 unspecified atom stereocenters. The lowest BCUT2D eigenvalue weighted by molar-refractivity contribution is -0.232. The Morgan fingerprint density at radius 2 is 1.70 bits per heavy atom. The Bertz CT molecular complexity index is 546. The van der Waals surface area contributed by atoms with Crippen molar-refractivity contribution in [3.63, 3.8) is 0 Å². The molecule has 0 spiro atoms. The van der Waals surface area contributed by atoms with Crippen LogP contribution in [0, 0.1) is 0 Å². The maximum absolute atomic E-state index is 12.4. The summed E-state index contributed by atoms with van der Waals surface area (Å²) in [7, 11) is 0. The number of hydrogen-bond acceptors (Lipinski definition) is 6. The first kappa shape index (κ1) is 18.3. The zero-order valence-electron chi connectivity index (χ0n) is 11.2. The molecule has 3 N–H and O–H groups in total. The van der Waals surface area contributed by atoms with E-state index in [9.17, 15) is 42.4 Å². The number of carboxylic acids is 1. The number of carbonyl (C=O) groups is 5. The molecule has 1 rings (SSSR count). The van der Waals surface area contributed by atoms with E-state index in [2.05, 4.69) is 0 Å². The number of hydroxylamine groups is 2. The average Bonchev–Trinajstić information content (AvgIpc) is 2.75. The van der Waals surface area contributed by atoms with Crippen molar-refractivity contribution >= 4 is 29.6 Å². The SMILES string of the molecule is O=C(O)CNC(=O)C(N(O)C(=O)C(F)(F)F)N1C(=O)CCC1=O. The summed E-state index contributed by atoms with van der Waals surface area (Å²) >= 11 is 0. The first-order valence-corrected chi connectivity index (χ1v) is 5.90. The van der Waals surface area contributed by atoms with Crippen molar-refractivity contribution in [2.75, 3.05) is 6.54 Å². The van der Waals surface area contributed by atoms with E-state index in [1.807, 2.05) is 0 Å². The molecule has 0 bridgehead atoms. The minimum absolute atomic E-state index is 0.0270. The molecule has 0 aromatic rings. The summed E-state index contributed by atoms with van der Waals surface area (Å²) in [5, 5.41) is 18.2. The molecular formula is C10H10F3N3O7. The fraction of sp³-hybridized carbons (Fsp3) is 0.500. The molecule has 0 saturated carbocycles. The van der Waals surface area contributed by atoms with Gasteiger partial charge in [0.15, 0.2) is 0 Å². The van der Waals surface area contributed by atoms with E-state index in [0.29, 0.717) is 0 Å². The number of aliphatic carboxylic acids is 1. The second-order valence-corrected chi connectivity index (χ2v) is 4.29. The zero-order chi connectivity index (χ0) is 17.9. The van der Waals surface area contributed by atoms with Gasteiger partial charge in [0.25, 0.3) is 5.91 Å². The van der Waals surface area contributed by atoms with Gasteiger partial charge in [-0.15, -0.1) is 0 Å². The summed E-state index contributed by atoms with van der Waals surface area (Å²) in [5.41, 5.74) is 0. The summed E-state index contributed by atoms with van der Waals surface area (Å²) in [6.07, 6.45) is -9.12. The van der Waals surface area contributed by atoms with Gasteiger partial charge in [0, 0.05) is 12.8 Å². The lowest BCUT2D eigenvalue weighted by atomic mass is 10.3. The Morgan fingerprint density at radius 1 is 1.22 bits per heavy atom. The lowest BCUT2D eigenvalue weighted by Crippen LogP contribution is -2.61. The van der Waals surface area contributed by atoms with Gasteiger partial charge in [-0.3, -0.25) is 29.2 Å². The van der Waals surface area contributed by atoms with Crippen molar-refractivity contribution in [1.29, 1.82) is 0 Å². The monoisotopic (exact) mass is 341 g/mol. The zero-order valence-corrected chi connectivity index (χ0v) is 11.2. The number of carbonyl (C=O) groups excluding carboxylic acids is 4. The first-order valence-electron chi connectivity index (χ1n) is 5.90. The Morgan fingerprint density at radius 3 is 2.09 bits per heavy atom. The Labute approximate surface area is 125 Å². The van der Waals surface area contributed by atoms with Crippen LogP contribution in [0.5, 0.6) is 0 Å². The van der Waals surface area contributed by atoms with E-state index in [-0.39, 0.29) is 4.90 Å². The van der Waals surface area contributed by atoms with E-state index in [0.717, 1.165) is 0 Å². The van der Waals surface area contributed by atoms with Crippen molar-refractivity contribution in [1.82, 2.24) is 15.3 Å². The number of alkyl halides is 3. The van der Waals surface area contributed by atoms with E-state index in [1.54, 1.807) is 5.32 Å². The van der Waals surface area contributed by atoms with Crippen LogP contribution >= 0.6 is 0 Å². The number of likely N-dealkylation sites (tertiary alicyclic amines) is 1. The molecule has 4 amide bonds. The van der Waals surface area contributed by atoms with Gasteiger partial charge in [-0.2, -0.15) is 18.2 Å². The van der Waals surface area contributed by atoms with Gasteiger partial charge in [0.05, 0.1) is 0 Å². The smallest absolute Gasteiger partial charge is 0.473 e. The number of carboxylic acid groups (broad SMARTS) is 1. The summed E-state index contributed by atoms with van der Waals surface area (Å²) in [5.74, 6) is -8.32. The molecule has 0 aliphatic carbocycles. The standard InChI is InChI=1S/C10H10F3N3O7/c11-10(12,13)9(22)16(23)8(7(21)14-3-6(19)20)15-4(17)1-2-5(15)18/h8,23H,1-3H2,(H,14,21)(H,19,20). The third-order valence-electron chi connectivity index (χ3n) is 2.67. The van der Waals surface area contributed by atoms with E-state index >= 15 is 0 Å². The maximum atomic E-state index is 12.4. The molecule has 0 aromatic heterocycles. The fourth-order valence-corrected chi connectivity index (χ4v) is 1.70. The molecule has 1 fully saturated rings. The van der Waals surface area contributed by atoms with Crippen molar-refractivity contribution < 1.29 is 47.5 Å². The van der Waals surface area contributed by atoms with Gasteiger partial charge in [-0.25, -0.2) is 4.90 Å². The van der Waals surface area contributed by atoms with E-state index < -0.39 is 66.4 Å². The van der Waals surface area contributed by atoms with Crippen LogP contribution < -0.4 is 5.32 Å². The third kappa shape index (κ3) is 4.15. The normalized spacial score (nSPS) is 16.3. The van der Waals surface area contributed by atoms with Crippen LogP contribution in [-0.2, 0) is 24.0 Å². The van der Waals surface area contributed by atoms with Gasteiger partial charge in [-0.1, -0.05) is 0 Å². The number of amides is 4. The number of imide groups is 1. The molecule has 1 atom stereocenters. The van der Waals surface area contributed by atoms with Crippen molar-refractivity contribution in [2.24, 2.45) is 0 Å². The van der Waals surface area contributed by atoms with Crippen molar-refractivity contribution in [3.8, 4) is 0 Å². The molecule has 13 heteroatoms. The van der Waals surface area contributed by atoms with Gasteiger partial charge in [-0.05, 0) is 0 Å². The number of hydrogen-bond donors (Lipinski definition) is 3. The highest BCUT2D eigenvalue weighted by Gasteiger charge is 2.51. The molecule has 1 aliphatic heterocycles. The fourth-order valence-electron chi connectivity index (χ4n) is 1.70. The van der Waals surface area contributed by atoms with Crippen LogP contribution in [0.2, 0.25) is 0 Å². The molecule has 1 heterocycles. The second kappa shape index (κ2) is 6.60. The average molecular weight is 341 g/mol. The van der Waals surface area contributed by atoms with Crippen molar-refractivity contribution in [2.45, 2.75) is 25.2 Å². The second-order valence-electron chi connectivity index (χ2n) is 4.29. The largest absolute Gasteiger partial charge is 0.480 e. The van der Waals surface area contributed by atoms with Crippen LogP contribution in [0.25, 0.3) is 0 Å². The molecule has 128 valence electrons. The number of rotatable bonds is 5. The van der Waals surface area contributed by atoms with Crippen LogP contribution in [-0.4, -0.2) is 68.8 Å². The van der Waals surface area contributed by atoms with Crippen LogP contribution in [0.4, 0.5) is 13.2 Å². The van der Waals surface area contributed by atoms with E-state index in [1.165, 1.54) is 0 Å². The number of nitrogens with zero attached hydrogens (tertiary/aromatic N) is 2. The predicted molar refractivity (Wildman–Crippen MR) is 60.2 cm³/mol. The summed E-state index contributed by atoms with van der Waals surface area (Å²) < 4.78 is 37.1. The van der Waals surface area contributed by atoms with Gasteiger partial charge in [0.1, 0.15) is 6.54 Å². The Kier molecular flexibility index (Phi) is 5.26. The first-order chi connectivity index (χ1) is 10.5. The highest BCUT2D eigenvalue weighted by atomic mass is 19.4. The van der Waals surface area contributed by atoms with Crippen LogP contribution in [0.3, 0.4) is 0 Å². The molecule has 0 aromatic carbocycles. The van der Waals surface area contributed by atoms with Crippen LogP contribution in [0.15, 0.2) is 0 Å². The molecule has 10 nitrogen and oxygen atoms in total. The molecule has 23 heavy (non-hydrogen) atoms. The summed E-state index contributed by atoms with van der Waals surface area (Å²) in [6.45, 7) is -1.07. The third-order valence-corrected chi connectivity index (χ3v) is 2.67. The Hall–Kier alpha value is -2.70. The maximum Gasteiger partial charge on any atom is 0.473 e. The predicted octanol–water partition coefficient (Wildman–Crippen LogP) is -1.56. The summed E-state index contributed by atoms with van der Waals surface area (Å²) in [6, 6.07) is 0. The van der Waals surface area contributed by atoms with Crippen molar-refractivity contribution in [3.05, 3.63) is 0 Å². The minimum Gasteiger partial charge on any atom is -0.480 e. The quantitative estimate of drug-likeness (QED) is 0.312. The van der Waals surface area contributed by atoms with Crippen LogP contribution in [0.1, 0.15) is 12.8 Å². The topological polar surface area (TPSA) is 144 Å². The molecule has 0 radical (unpaired) electrons. The van der Waals surface area contributed by atoms with Gasteiger partial charge >= 0.3 is 18.1 Å². The molecule has 1 saturated heterocycles. The highest BCUT2D eigenvalue weighted by molar-refractivity contribution is 6.06. The lowest BCUT2D eigenvalue weighted by Gasteiger charge is -2.31. The molecular weight excluding hydrogens is 331 g/mol. The minimum atomic E-state index is -5.59. The Balaban J connectivity index is 3.13.